The molecule has 0 aromatic rings. The van der Waals surface area contributed by atoms with Gasteiger partial charge in [0.15, 0.2) is 0 Å². The Balaban J connectivity index is 2.67. The number of halogens is 1. The monoisotopic (exact) mass is 456 g/mol. The predicted octanol–water partition coefficient (Wildman–Crippen LogP) is 5.25. The molecule has 1 fully saturated rings. The first-order chi connectivity index (χ1) is 13.0. The average molecular weight is 457 g/mol. The van der Waals surface area contributed by atoms with Crippen molar-refractivity contribution in [2.75, 3.05) is 0 Å². The minimum Gasteiger partial charge on any atom is -0.481 e. The molecule has 0 spiro atoms. The lowest BCUT2D eigenvalue weighted by molar-refractivity contribution is -0.137. The molecular weight excluding hydrogens is 420 g/mol. The van der Waals surface area contributed by atoms with E-state index in [0.717, 1.165) is 19.3 Å². The zero-order valence-corrected chi connectivity index (χ0v) is 19.2. The number of carboxylic acids is 1. The third-order valence-corrected chi connectivity index (χ3v) is 6.61. The van der Waals surface area contributed by atoms with Crippen molar-refractivity contribution >= 4 is 21.9 Å². The first-order valence-electron chi connectivity index (χ1n) is 10.2. The van der Waals surface area contributed by atoms with E-state index in [2.05, 4.69) is 55.8 Å². The molecule has 160 valence electrons. The van der Waals surface area contributed by atoms with Crippen LogP contribution in [0.4, 0.5) is 0 Å². The number of alkyl halides is 1. The van der Waals surface area contributed by atoms with Gasteiger partial charge in [0.2, 0.25) is 0 Å². The number of aliphatic hydroxyl groups excluding tert-OH is 2. The summed E-state index contributed by atoms with van der Waals surface area (Å²) >= 11 is 3.70. The van der Waals surface area contributed by atoms with Gasteiger partial charge in [0, 0.05) is 17.2 Å². The van der Waals surface area contributed by atoms with Crippen molar-refractivity contribution in [1.29, 1.82) is 0 Å². The molecule has 0 amide bonds. The van der Waals surface area contributed by atoms with E-state index < -0.39 is 18.2 Å². The molecule has 0 radical (unpaired) electrons. The van der Waals surface area contributed by atoms with E-state index in [9.17, 15) is 15.0 Å². The fraction of sp³-hybridized carbons (Fsp3) is 0.696. The van der Waals surface area contributed by atoms with Crippen molar-refractivity contribution in [1.82, 2.24) is 0 Å². The Morgan fingerprint density at radius 3 is 2.57 bits per heavy atom. The lowest BCUT2D eigenvalue weighted by Crippen LogP contribution is -2.28. The summed E-state index contributed by atoms with van der Waals surface area (Å²) in [7, 11) is 0. The van der Waals surface area contributed by atoms with Crippen molar-refractivity contribution in [3.05, 3.63) is 36.0 Å². The molecule has 0 saturated heterocycles. The van der Waals surface area contributed by atoms with E-state index in [1.165, 1.54) is 5.57 Å². The maximum absolute atomic E-state index is 10.6. The van der Waals surface area contributed by atoms with Crippen LogP contribution in [0.1, 0.15) is 66.2 Å². The summed E-state index contributed by atoms with van der Waals surface area (Å²) < 4.78 is 0. The van der Waals surface area contributed by atoms with Crippen LogP contribution in [0.2, 0.25) is 0 Å². The molecule has 28 heavy (non-hydrogen) atoms. The van der Waals surface area contributed by atoms with Crippen LogP contribution in [0.25, 0.3) is 0 Å². The van der Waals surface area contributed by atoms with Crippen molar-refractivity contribution < 1.29 is 20.1 Å². The lowest BCUT2D eigenvalue weighted by Gasteiger charge is -2.28. The molecule has 1 rings (SSSR count). The van der Waals surface area contributed by atoms with Crippen LogP contribution in [0.5, 0.6) is 0 Å². The predicted molar refractivity (Wildman–Crippen MR) is 119 cm³/mol. The number of carboxylic acid groups (broad SMARTS) is 1. The second-order valence-electron chi connectivity index (χ2n) is 8.86. The van der Waals surface area contributed by atoms with E-state index >= 15 is 0 Å². The topological polar surface area (TPSA) is 77.8 Å². The minimum atomic E-state index is -0.760. The number of aliphatic hydroxyl groups is 2. The van der Waals surface area contributed by atoms with Crippen LogP contribution in [0.15, 0.2) is 36.0 Å². The van der Waals surface area contributed by atoms with Crippen molar-refractivity contribution in [2.45, 2.75) is 83.3 Å². The standard InChI is InChI=1S/C23H37BrO4/c1-16(2)13-14-23(3,4)21(26)12-11-18-17(19(24)15-20(18)25)9-7-5-6-8-10-22(27)28/h5,7,11-13,17-21,25-26H,6,8-10,14-15H2,1-4H3,(H,27,28)/t17-,18-,19+,20-,21-/m1/s1. The first kappa shape index (κ1) is 25.1. The molecule has 0 aromatic heterocycles. The van der Waals surface area contributed by atoms with Gasteiger partial charge in [-0.05, 0) is 57.3 Å². The SMILES string of the molecule is CC(C)=CCC(C)(C)[C@H](O)C=C[C@@H]1[C@@H](CC=CCCCC(=O)O)[C@@H](Br)C[C@H]1O. The van der Waals surface area contributed by atoms with Crippen molar-refractivity contribution in [3.63, 3.8) is 0 Å². The molecular formula is C23H37BrO4. The highest BCUT2D eigenvalue weighted by Crippen LogP contribution is 2.41. The van der Waals surface area contributed by atoms with E-state index in [-0.39, 0.29) is 28.5 Å². The highest BCUT2D eigenvalue weighted by Gasteiger charge is 2.39. The maximum atomic E-state index is 10.6. The van der Waals surface area contributed by atoms with Crippen LogP contribution in [0, 0.1) is 17.3 Å². The van der Waals surface area contributed by atoms with Gasteiger partial charge < -0.3 is 15.3 Å². The van der Waals surface area contributed by atoms with Crippen LogP contribution in [0.3, 0.4) is 0 Å². The molecule has 0 heterocycles. The summed E-state index contributed by atoms with van der Waals surface area (Å²) in [4.78, 5) is 10.8. The zero-order chi connectivity index (χ0) is 21.3. The van der Waals surface area contributed by atoms with E-state index in [0.29, 0.717) is 12.8 Å². The quantitative estimate of drug-likeness (QED) is 0.225. The Bertz CT molecular complexity index is 575. The van der Waals surface area contributed by atoms with E-state index in [4.69, 9.17) is 5.11 Å². The fourth-order valence-electron chi connectivity index (χ4n) is 3.49. The Labute approximate surface area is 178 Å². The smallest absolute Gasteiger partial charge is 0.303 e. The number of aliphatic carboxylic acids is 1. The zero-order valence-electron chi connectivity index (χ0n) is 17.6. The molecule has 1 aliphatic rings. The lowest BCUT2D eigenvalue weighted by atomic mass is 9.81. The Kier molecular flexibility index (Phi) is 10.7. The van der Waals surface area contributed by atoms with Gasteiger partial charge >= 0.3 is 5.97 Å². The van der Waals surface area contributed by atoms with Crippen LogP contribution in [-0.2, 0) is 4.79 Å². The molecule has 3 N–H and O–H groups in total. The molecule has 0 unspecified atom stereocenters. The largest absolute Gasteiger partial charge is 0.481 e. The number of hydrogen-bond acceptors (Lipinski definition) is 3. The van der Waals surface area contributed by atoms with Gasteiger partial charge in [-0.25, -0.2) is 0 Å². The fourth-order valence-corrected chi connectivity index (χ4v) is 4.44. The number of allylic oxidation sites excluding steroid dienone is 4. The second-order valence-corrected chi connectivity index (χ2v) is 10.0. The third-order valence-electron chi connectivity index (χ3n) is 5.56. The van der Waals surface area contributed by atoms with Gasteiger partial charge in [0.25, 0.3) is 0 Å². The van der Waals surface area contributed by atoms with E-state index in [1.807, 2.05) is 18.2 Å². The minimum absolute atomic E-state index is 0.00180. The number of hydrogen-bond donors (Lipinski definition) is 3. The molecule has 5 atom stereocenters. The first-order valence-corrected chi connectivity index (χ1v) is 11.1. The van der Waals surface area contributed by atoms with Gasteiger partial charge in [0.1, 0.15) is 0 Å². The van der Waals surface area contributed by atoms with Gasteiger partial charge in [-0.15, -0.1) is 0 Å². The summed E-state index contributed by atoms with van der Waals surface area (Å²) in [5.74, 6) is -0.499. The Morgan fingerprint density at radius 2 is 1.96 bits per heavy atom. The van der Waals surface area contributed by atoms with Gasteiger partial charge in [-0.1, -0.05) is 65.7 Å². The normalized spacial score (nSPS) is 26.8. The summed E-state index contributed by atoms with van der Waals surface area (Å²) in [6.07, 6.45) is 13.0. The molecule has 0 bridgehead atoms. The summed E-state index contributed by atoms with van der Waals surface area (Å²) in [6, 6.07) is 0. The Hall–Kier alpha value is -0.910. The molecule has 5 heteroatoms. The number of unbranched alkanes of at least 4 members (excludes halogenated alkanes) is 1. The van der Waals surface area contributed by atoms with Gasteiger partial charge in [-0.2, -0.15) is 0 Å². The molecule has 4 nitrogen and oxygen atoms in total. The number of rotatable bonds is 11. The molecule has 1 aliphatic carbocycles. The highest BCUT2D eigenvalue weighted by atomic mass is 79.9. The highest BCUT2D eigenvalue weighted by molar-refractivity contribution is 9.09. The van der Waals surface area contributed by atoms with Gasteiger partial charge in [0.05, 0.1) is 12.2 Å². The van der Waals surface area contributed by atoms with Crippen LogP contribution < -0.4 is 0 Å². The summed E-state index contributed by atoms with van der Waals surface area (Å²) in [5, 5.41) is 29.8. The summed E-state index contributed by atoms with van der Waals surface area (Å²) in [5.41, 5.74) is 0.984. The second kappa shape index (κ2) is 11.9. The third kappa shape index (κ3) is 8.62. The maximum Gasteiger partial charge on any atom is 0.303 e. The summed E-state index contributed by atoms with van der Waals surface area (Å²) in [6.45, 7) is 8.22. The van der Waals surface area contributed by atoms with Crippen LogP contribution >= 0.6 is 15.9 Å². The van der Waals surface area contributed by atoms with Crippen molar-refractivity contribution in [2.24, 2.45) is 17.3 Å². The number of carbonyl (C=O) groups is 1. The van der Waals surface area contributed by atoms with Crippen molar-refractivity contribution in [3.8, 4) is 0 Å². The van der Waals surface area contributed by atoms with Gasteiger partial charge in [-0.3, -0.25) is 4.79 Å². The molecule has 0 aromatic carbocycles. The average Bonchev–Trinajstić information content (AvgIpc) is 2.86. The molecule has 0 aliphatic heterocycles. The Morgan fingerprint density at radius 1 is 1.29 bits per heavy atom. The van der Waals surface area contributed by atoms with Crippen LogP contribution in [-0.4, -0.2) is 38.3 Å². The molecule has 1 saturated carbocycles. The van der Waals surface area contributed by atoms with E-state index in [1.54, 1.807) is 0 Å².